The Morgan fingerprint density at radius 2 is 2.29 bits per heavy atom. The Kier molecular flexibility index (Phi) is 7.45. The first-order chi connectivity index (χ1) is 9.99. The van der Waals surface area contributed by atoms with Crippen molar-refractivity contribution in [1.29, 1.82) is 5.26 Å². The van der Waals surface area contributed by atoms with Crippen LogP contribution in [-0.4, -0.2) is 26.2 Å². The lowest BCUT2D eigenvalue weighted by molar-refractivity contribution is -0.122. The predicted octanol–water partition coefficient (Wildman–Crippen LogP) is 2.91. The van der Waals surface area contributed by atoms with Gasteiger partial charge in [0, 0.05) is 26.5 Å². The van der Waals surface area contributed by atoms with Crippen LogP contribution in [0.15, 0.2) is 11.6 Å². The molecule has 21 heavy (non-hydrogen) atoms. The Morgan fingerprint density at radius 1 is 1.57 bits per heavy atom. The van der Waals surface area contributed by atoms with Gasteiger partial charge in [0.1, 0.15) is 0 Å². The Morgan fingerprint density at radius 3 is 2.86 bits per heavy atom. The second kappa shape index (κ2) is 8.84. The molecule has 0 aromatic carbocycles. The second-order valence-corrected chi connectivity index (χ2v) is 6.32. The monoisotopic (exact) mass is 292 g/mol. The third-order valence-corrected chi connectivity index (χ3v) is 4.47. The van der Waals surface area contributed by atoms with Crippen molar-refractivity contribution < 1.29 is 9.53 Å². The minimum atomic E-state index is 0.0889. The number of carbonyl (C=O) groups excluding carboxylic acids is 1. The topological polar surface area (TPSA) is 62.1 Å². The van der Waals surface area contributed by atoms with Crippen molar-refractivity contribution in [3.8, 4) is 6.07 Å². The van der Waals surface area contributed by atoms with Gasteiger partial charge in [0.05, 0.1) is 12.7 Å². The molecule has 0 aromatic rings. The molecule has 0 aliphatic heterocycles. The number of nitriles is 1. The number of rotatable bonds is 7. The van der Waals surface area contributed by atoms with Crippen molar-refractivity contribution in [2.24, 2.45) is 23.7 Å². The highest BCUT2D eigenvalue weighted by atomic mass is 16.5. The van der Waals surface area contributed by atoms with Crippen molar-refractivity contribution in [3.05, 3.63) is 11.6 Å². The molecule has 1 aliphatic carbocycles. The van der Waals surface area contributed by atoms with Crippen LogP contribution in [0.3, 0.4) is 0 Å². The number of nitrogens with one attached hydrogen (secondary N) is 1. The molecule has 118 valence electrons. The largest absolute Gasteiger partial charge is 0.383 e. The average Bonchev–Trinajstić information content (AvgIpc) is 2.42. The van der Waals surface area contributed by atoms with Crippen molar-refractivity contribution in [1.82, 2.24) is 5.32 Å². The lowest BCUT2D eigenvalue weighted by Crippen LogP contribution is -2.32. The van der Waals surface area contributed by atoms with E-state index in [4.69, 9.17) is 10.00 Å². The molecule has 4 nitrogen and oxygen atoms in total. The number of methoxy groups -OCH3 is 1. The molecule has 0 aromatic heterocycles. The molecule has 0 fully saturated rings. The quantitative estimate of drug-likeness (QED) is 0.579. The number of allylic oxidation sites excluding steroid dienone is 2. The van der Waals surface area contributed by atoms with Gasteiger partial charge in [0.15, 0.2) is 0 Å². The molecular formula is C17H28N2O2. The molecule has 0 saturated heterocycles. The summed E-state index contributed by atoms with van der Waals surface area (Å²) in [5.41, 5.74) is 1.26. The fraction of sp³-hybridized carbons (Fsp3) is 0.765. The Hall–Kier alpha value is -1.34. The Bertz CT molecular complexity index is 410. The van der Waals surface area contributed by atoms with Gasteiger partial charge >= 0.3 is 0 Å². The van der Waals surface area contributed by atoms with Crippen molar-refractivity contribution in [3.63, 3.8) is 0 Å². The van der Waals surface area contributed by atoms with Crippen LogP contribution in [0.1, 0.15) is 40.0 Å². The van der Waals surface area contributed by atoms with Gasteiger partial charge in [-0.05, 0) is 37.0 Å². The lowest BCUT2D eigenvalue weighted by Gasteiger charge is -2.36. The van der Waals surface area contributed by atoms with Gasteiger partial charge in [0.25, 0.3) is 0 Å². The van der Waals surface area contributed by atoms with Crippen LogP contribution < -0.4 is 5.32 Å². The van der Waals surface area contributed by atoms with Crippen LogP contribution in [0, 0.1) is 35.0 Å². The van der Waals surface area contributed by atoms with E-state index in [9.17, 15) is 4.79 Å². The van der Waals surface area contributed by atoms with E-state index in [0.717, 1.165) is 6.42 Å². The number of hydrogen-bond acceptors (Lipinski definition) is 3. The molecular weight excluding hydrogens is 264 g/mol. The molecule has 0 bridgehead atoms. The maximum absolute atomic E-state index is 12.0. The Balaban J connectivity index is 2.65. The fourth-order valence-corrected chi connectivity index (χ4v) is 3.20. The average molecular weight is 292 g/mol. The van der Waals surface area contributed by atoms with Gasteiger partial charge in [-0.2, -0.15) is 5.26 Å². The number of hydrogen-bond donors (Lipinski definition) is 1. The lowest BCUT2D eigenvalue weighted by atomic mass is 9.69. The van der Waals surface area contributed by atoms with Gasteiger partial charge in [-0.25, -0.2) is 0 Å². The van der Waals surface area contributed by atoms with Gasteiger partial charge in [-0.3, -0.25) is 4.79 Å². The second-order valence-electron chi connectivity index (χ2n) is 6.32. The Labute approximate surface area is 128 Å². The van der Waals surface area contributed by atoms with Crippen LogP contribution in [0.5, 0.6) is 0 Å². The maximum atomic E-state index is 12.0. The molecule has 0 saturated carbocycles. The van der Waals surface area contributed by atoms with Crippen LogP contribution in [0.2, 0.25) is 0 Å². The highest BCUT2D eigenvalue weighted by Crippen LogP contribution is 2.40. The summed E-state index contributed by atoms with van der Waals surface area (Å²) in [6.45, 7) is 7.62. The van der Waals surface area contributed by atoms with E-state index < -0.39 is 0 Å². The molecule has 3 atom stereocenters. The smallest absolute Gasteiger partial charge is 0.220 e. The first-order valence-electron chi connectivity index (χ1n) is 7.80. The highest BCUT2D eigenvalue weighted by molar-refractivity contribution is 5.76. The third kappa shape index (κ3) is 5.51. The number of carbonyl (C=O) groups is 1. The highest BCUT2D eigenvalue weighted by Gasteiger charge is 2.32. The summed E-state index contributed by atoms with van der Waals surface area (Å²) in [4.78, 5) is 12.0. The molecule has 1 amide bonds. The number of ether oxygens (including phenoxy) is 1. The first-order valence-corrected chi connectivity index (χ1v) is 7.80. The summed E-state index contributed by atoms with van der Waals surface area (Å²) >= 11 is 0. The number of nitrogens with zero attached hydrogens (tertiary/aromatic N) is 1. The van der Waals surface area contributed by atoms with Gasteiger partial charge < -0.3 is 10.1 Å². The molecule has 4 heteroatoms. The van der Waals surface area contributed by atoms with E-state index in [1.54, 1.807) is 7.11 Å². The zero-order valence-corrected chi connectivity index (χ0v) is 13.7. The van der Waals surface area contributed by atoms with Crippen LogP contribution in [-0.2, 0) is 9.53 Å². The zero-order chi connectivity index (χ0) is 15.8. The molecule has 1 aliphatic rings. The molecule has 1 N–H and O–H groups in total. The first kappa shape index (κ1) is 17.7. The zero-order valence-electron chi connectivity index (χ0n) is 13.7. The fourth-order valence-electron chi connectivity index (χ4n) is 3.20. The van der Waals surface area contributed by atoms with E-state index in [0.29, 0.717) is 49.7 Å². The normalized spacial score (nSPS) is 25.3. The minimum absolute atomic E-state index is 0.0889. The summed E-state index contributed by atoms with van der Waals surface area (Å²) in [6.07, 6.45) is 4.34. The van der Waals surface area contributed by atoms with Gasteiger partial charge in [-0.1, -0.05) is 25.5 Å². The van der Waals surface area contributed by atoms with Crippen LogP contribution in [0.4, 0.5) is 0 Å². The van der Waals surface area contributed by atoms with Crippen molar-refractivity contribution >= 4 is 5.91 Å². The van der Waals surface area contributed by atoms with E-state index in [2.05, 4.69) is 38.2 Å². The summed E-state index contributed by atoms with van der Waals surface area (Å²) < 4.78 is 4.94. The summed E-state index contributed by atoms with van der Waals surface area (Å²) in [6, 6.07) is 2.30. The molecule has 0 heterocycles. The van der Waals surface area contributed by atoms with E-state index in [1.807, 2.05) is 0 Å². The van der Waals surface area contributed by atoms with E-state index in [-0.39, 0.29) is 5.91 Å². The van der Waals surface area contributed by atoms with E-state index in [1.165, 1.54) is 5.57 Å². The van der Waals surface area contributed by atoms with Crippen molar-refractivity contribution in [2.75, 3.05) is 20.3 Å². The van der Waals surface area contributed by atoms with E-state index >= 15 is 0 Å². The predicted molar refractivity (Wildman–Crippen MR) is 83.4 cm³/mol. The summed E-state index contributed by atoms with van der Waals surface area (Å²) in [5.74, 6) is 1.75. The van der Waals surface area contributed by atoms with Gasteiger partial charge in [0.2, 0.25) is 5.91 Å². The summed E-state index contributed by atoms with van der Waals surface area (Å²) in [7, 11) is 1.63. The SMILES string of the molecule is COCCNC(=O)CC1CC(C(C)C)C(CC#N)C=C1C. The molecule has 0 radical (unpaired) electrons. The van der Waals surface area contributed by atoms with Gasteiger partial charge in [-0.15, -0.1) is 0 Å². The molecule has 1 rings (SSSR count). The minimum Gasteiger partial charge on any atom is -0.383 e. The maximum Gasteiger partial charge on any atom is 0.220 e. The molecule has 0 spiro atoms. The van der Waals surface area contributed by atoms with Crippen LogP contribution in [0.25, 0.3) is 0 Å². The number of amides is 1. The summed E-state index contributed by atoms with van der Waals surface area (Å²) in [5, 5.41) is 11.9. The third-order valence-electron chi connectivity index (χ3n) is 4.47. The van der Waals surface area contributed by atoms with Crippen molar-refractivity contribution in [2.45, 2.75) is 40.0 Å². The standard InChI is InChI=1S/C17H28N2O2/c1-12(2)16-10-15(11-17(20)19-7-8-21-4)13(3)9-14(16)5-6-18/h9,12,14-16H,5,7-8,10-11H2,1-4H3,(H,19,20). The van der Waals surface area contributed by atoms with Crippen LogP contribution >= 0.6 is 0 Å². The molecule has 3 unspecified atom stereocenters.